The van der Waals surface area contributed by atoms with Crippen LogP contribution in [0.25, 0.3) is 11.0 Å². The Bertz CT molecular complexity index is 978. The molecule has 166 valence electrons. The molecule has 1 amide bonds. The van der Waals surface area contributed by atoms with E-state index in [0.717, 1.165) is 50.2 Å². The third-order valence-electron chi connectivity index (χ3n) is 5.44. The molecule has 0 radical (unpaired) electrons. The number of amides is 1. The summed E-state index contributed by atoms with van der Waals surface area (Å²) in [4.78, 5) is 17.2. The summed E-state index contributed by atoms with van der Waals surface area (Å²) in [6.45, 7) is 4.24. The first-order chi connectivity index (χ1) is 14.3. The Balaban J connectivity index is 1.77. The molecule has 3 rings (SSSR count). The summed E-state index contributed by atoms with van der Waals surface area (Å²) in [6.07, 6.45) is 5.03. The molecule has 1 aliphatic heterocycles. The van der Waals surface area contributed by atoms with Crippen LogP contribution < -0.4 is 5.32 Å². The average molecular weight is 437 g/mol. The highest BCUT2D eigenvalue weighted by Gasteiger charge is 2.20. The first-order valence-corrected chi connectivity index (χ1v) is 12.1. The highest BCUT2D eigenvalue weighted by atomic mass is 32.2. The Hall–Kier alpha value is -1.97. The van der Waals surface area contributed by atoms with Crippen LogP contribution in [-0.2, 0) is 32.5 Å². The molecular weight excluding hydrogens is 404 g/mol. The van der Waals surface area contributed by atoms with Gasteiger partial charge in [-0.15, -0.1) is 0 Å². The van der Waals surface area contributed by atoms with Crippen LogP contribution in [0.5, 0.6) is 0 Å². The fourth-order valence-corrected chi connectivity index (χ4v) is 4.56. The maximum Gasteiger partial charge on any atom is 0.242 e. The van der Waals surface area contributed by atoms with Crippen molar-refractivity contribution in [3.63, 3.8) is 0 Å². The van der Waals surface area contributed by atoms with Gasteiger partial charge in [-0.2, -0.15) is 0 Å². The number of aromatic nitrogens is 2. The normalized spacial score (nSPS) is 17.1. The number of nitrogens with zero attached hydrogens (tertiary/aromatic N) is 3. The average Bonchev–Trinajstić information content (AvgIpc) is 3.36. The molecule has 9 heteroatoms. The van der Waals surface area contributed by atoms with Crippen molar-refractivity contribution in [2.75, 3.05) is 27.2 Å². The van der Waals surface area contributed by atoms with Crippen molar-refractivity contribution in [1.29, 1.82) is 0 Å². The number of carbonyl (C=O) groups is 1. The molecule has 1 N–H and O–H groups in total. The number of fused-ring (bicyclic) bond motifs is 1. The van der Waals surface area contributed by atoms with Gasteiger partial charge >= 0.3 is 0 Å². The molecule has 1 fully saturated rings. The molecule has 1 aromatic carbocycles. The molecule has 0 aliphatic carbocycles. The first-order valence-electron chi connectivity index (χ1n) is 10.6. The second kappa shape index (κ2) is 9.89. The second-order valence-corrected chi connectivity index (χ2v) is 10.1. The molecule has 8 nitrogen and oxygen atoms in total. The van der Waals surface area contributed by atoms with E-state index in [9.17, 15) is 13.2 Å². The maximum atomic E-state index is 12.5. The minimum Gasteiger partial charge on any atom is -0.376 e. The van der Waals surface area contributed by atoms with Gasteiger partial charge < -0.3 is 14.6 Å². The number of hydrogen-bond donors (Lipinski definition) is 1. The van der Waals surface area contributed by atoms with Gasteiger partial charge in [-0.05, 0) is 37.5 Å². The van der Waals surface area contributed by atoms with Gasteiger partial charge in [-0.1, -0.05) is 13.3 Å². The van der Waals surface area contributed by atoms with Crippen LogP contribution >= 0.6 is 0 Å². The number of sulfonamides is 1. The van der Waals surface area contributed by atoms with Crippen LogP contribution in [0, 0.1) is 0 Å². The van der Waals surface area contributed by atoms with E-state index in [1.807, 2.05) is 6.07 Å². The number of unbranched alkanes of at least 4 members (excludes halogenated alkanes) is 1. The zero-order chi connectivity index (χ0) is 21.7. The van der Waals surface area contributed by atoms with Crippen LogP contribution in [0.1, 0.15) is 44.9 Å². The molecule has 30 heavy (non-hydrogen) atoms. The highest BCUT2D eigenvalue weighted by Crippen LogP contribution is 2.23. The number of rotatable bonds is 10. The molecule has 1 aliphatic rings. The summed E-state index contributed by atoms with van der Waals surface area (Å²) >= 11 is 0. The largest absolute Gasteiger partial charge is 0.376 e. The van der Waals surface area contributed by atoms with E-state index < -0.39 is 10.0 Å². The van der Waals surface area contributed by atoms with Crippen molar-refractivity contribution in [1.82, 2.24) is 19.2 Å². The second-order valence-electron chi connectivity index (χ2n) is 7.91. The van der Waals surface area contributed by atoms with E-state index in [1.165, 1.54) is 18.4 Å². The minimum atomic E-state index is -3.52. The first kappa shape index (κ1) is 22.7. The lowest BCUT2D eigenvalue weighted by atomic mass is 10.2. The third-order valence-corrected chi connectivity index (χ3v) is 7.25. The zero-order valence-electron chi connectivity index (χ0n) is 18.1. The third kappa shape index (κ3) is 5.19. The number of carbonyl (C=O) groups excluding carboxylic acids is 1. The summed E-state index contributed by atoms with van der Waals surface area (Å²) in [5, 5.41) is 2.95. The smallest absolute Gasteiger partial charge is 0.242 e. The lowest BCUT2D eigenvalue weighted by Gasteiger charge is -2.12. The standard InChI is InChI=1S/C21H32N4O4S/c1-4-5-12-25-19-9-8-17(30(27,28)24(2)3)14-18(19)23-20(25)10-11-21(26)22-15-16-7-6-13-29-16/h8-9,14,16H,4-7,10-13,15H2,1-3H3,(H,22,26). The summed E-state index contributed by atoms with van der Waals surface area (Å²) < 4.78 is 33.8. The van der Waals surface area contributed by atoms with Gasteiger partial charge in [0.05, 0.1) is 22.0 Å². The molecule has 0 bridgehead atoms. The monoisotopic (exact) mass is 436 g/mol. The lowest BCUT2D eigenvalue weighted by molar-refractivity contribution is -0.121. The van der Waals surface area contributed by atoms with Crippen molar-refractivity contribution >= 4 is 27.0 Å². The Morgan fingerprint density at radius 3 is 2.83 bits per heavy atom. The van der Waals surface area contributed by atoms with E-state index in [2.05, 4.69) is 21.8 Å². The molecule has 2 heterocycles. The Labute approximate surface area is 178 Å². The number of imidazole rings is 1. The summed E-state index contributed by atoms with van der Waals surface area (Å²) in [5.41, 5.74) is 1.54. The van der Waals surface area contributed by atoms with Crippen molar-refractivity contribution < 1.29 is 17.9 Å². The number of nitrogens with one attached hydrogen (secondary N) is 1. The van der Waals surface area contributed by atoms with Crippen molar-refractivity contribution in [3.8, 4) is 0 Å². The van der Waals surface area contributed by atoms with Crippen LogP contribution in [-0.4, -0.2) is 61.5 Å². The predicted molar refractivity (Wildman–Crippen MR) is 116 cm³/mol. The Morgan fingerprint density at radius 1 is 1.37 bits per heavy atom. The van der Waals surface area contributed by atoms with Gasteiger partial charge in [0, 0.05) is 46.6 Å². The summed E-state index contributed by atoms with van der Waals surface area (Å²) in [6, 6.07) is 5.06. The van der Waals surface area contributed by atoms with Crippen LogP contribution in [0.3, 0.4) is 0 Å². The van der Waals surface area contributed by atoms with E-state index in [4.69, 9.17) is 4.74 Å². The lowest BCUT2D eigenvalue weighted by Crippen LogP contribution is -2.32. The number of benzene rings is 1. The topological polar surface area (TPSA) is 93.5 Å². The predicted octanol–water partition coefficient (Wildman–Crippen LogP) is 2.31. The van der Waals surface area contributed by atoms with Crippen molar-refractivity contribution in [3.05, 3.63) is 24.0 Å². The van der Waals surface area contributed by atoms with Crippen molar-refractivity contribution in [2.24, 2.45) is 0 Å². The van der Waals surface area contributed by atoms with E-state index in [0.29, 0.717) is 24.9 Å². The molecule has 1 unspecified atom stereocenters. The fraction of sp³-hybridized carbons (Fsp3) is 0.619. The summed E-state index contributed by atoms with van der Waals surface area (Å²) in [7, 11) is -0.494. The van der Waals surface area contributed by atoms with Gasteiger partial charge in [-0.3, -0.25) is 4.79 Å². The van der Waals surface area contributed by atoms with E-state index in [1.54, 1.807) is 12.1 Å². The van der Waals surface area contributed by atoms with Crippen LogP contribution in [0.4, 0.5) is 0 Å². The molecule has 1 atom stereocenters. The Morgan fingerprint density at radius 2 is 2.17 bits per heavy atom. The van der Waals surface area contributed by atoms with E-state index in [-0.39, 0.29) is 16.9 Å². The van der Waals surface area contributed by atoms with E-state index >= 15 is 0 Å². The molecule has 1 saturated heterocycles. The van der Waals surface area contributed by atoms with Gasteiger partial charge in [-0.25, -0.2) is 17.7 Å². The zero-order valence-corrected chi connectivity index (χ0v) is 18.9. The molecule has 0 saturated carbocycles. The molecule has 2 aromatic rings. The quantitative estimate of drug-likeness (QED) is 0.617. The highest BCUT2D eigenvalue weighted by molar-refractivity contribution is 7.89. The molecule has 1 aromatic heterocycles. The van der Waals surface area contributed by atoms with Gasteiger partial charge in [0.1, 0.15) is 5.82 Å². The number of aryl methyl sites for hydroxylation is 2. The van der Waals surface area contributed by atoms with Crippen molar-refractivity contribution in [2.45, 2.75) is 63.0 Å². The SMILES string of the molecule is CCCCn1c(CCC(=O)NCC2CCCO2)nc2cc(S(=O)(=O)N(C)C)ccc21. The van der Waals surface area contributed by atoms with Gasteiger partial charge in [0.25, 0.3) is 0 Å². The summed E-state index contributed by atoms with van der Waals surface area (Å²) in [5.74, 6) is 0.792. The van der Waals surface area contributed by atoms with Crippen LogP contribution in [0.15, 0.2) is 23.1 Å². The Kier molecular flexibility index (Phi) is 7.49. The minimum absolute atomic E-state index is 0.0181. The van der Waals surface area contributed by atoms with Crippen LogP contribution in [0.2, 0.25) is 0 Å². The fourth-order valence-electron chi connectivity index (χ4n) is 3.63. The molecular formula is C21H32N4O4S. The maximum absolute atomic E-state index is 12.5. The van der Waals surface area contributed by atoms with Gasteiger partial charge in [0.15, 0.2) is 0 Å². The number of hydrogen-bond acceptors (Lipinski definition) is 5. The number of ether oxygens (including phenoxy) is 1. The molecule has 0 spiro atoms. The van der Waals surface area contributed by atoms with Gasteiger partial charge in [0.2, 0.25) is 15.9 Å².